The Morgan fingerprint density at radius 3 is 2.75 bits per heavy atom. The maximum absolute atomic E-state index is 13.9. The molecule has 4 nitrogen and oxygen atoms in total. The van der Waals surface area contributed by atoms with Crippen LogP contribution < -0.4 is 4.90 Å². The van der Waals surface area contributed by atoms with Crippen molar-refractivity contribution in [2.45, 2.75) is 13.8 Å². The van der Waals surface area contributed by atoms with Crippen molar-refractivity contribution in [2.75, 3.05) is 18.6 Å². The summed E-state index contributed by atoms with van der Waals surface area (Å²) in [6.45, 7) is 4.25. The van der Waals surface area contributed by atoms with Gasteiger partial charge in [-0.2, -0.15) is 0 Å². The average Bonchev–Trinajstić information content (AvgIpc) is 2.83. The van der Waals surface area contributed by atoms with E-state index in [1.54, 1.807) is 30.0 Å². The van der Waals surface area contributed by atoms with E-state index >= 15 is 0 Å². The summed E-state index contributed by atoms with van der Waals surface area (Å²) in [5, 5.41) is 0.579. The van der Waals surface area contributed by atoms with Crippen molar-refractivity contribution in [2.24, 2.45) is 0 Å². The standard InChI is InChI=1S/C14H15FN2O2S/c1-4-17(11-8-6-5-7-10(11)15)14-16-12(9(2)20-14)13(18)19-3/h5-8H,4H2,1-3H3. The molecule has 0 aliphatic heterocycles. The van der Waals surface area contributed by atoms with Crippen LogP contribution >= 0.6 is 11.3 Å². The summed E-state index contributed by atoms with van der Waals surface area (Å²) >= 11 is 1.34. The third-order valence-corrected chi connectivity index (χ3v) is 3.85. The van der Waals surface area contributed by atoms with Gasteiger partial charge in [-0.25, -0.2) is 14.2 Å². The fourth-order valence-corrected chi connectivity index (χ4v) is 2.84. The van der Waals surface area contributed by atoms with E-state index in [1.807, 2.05) is 6.92 Å². The van der Waals surface area contributed by atoms with Crippen LogP contribution in [0.1, 0.15) is 22.3 Å². The minimum Gasteiger partial charge on any atom is -0.464 e. The van der Waals surface area contributed by atoms with Crippen LogP contribution in [0, 0.1) is 12.7 Å². The normalized spacial score (nSPS) is 10.4. The second-order valence-electron chi connectivity index (χ2n) is 4.09. The first-order valence-corrected chi connectivity index (χ1v) is 6.98. The second kappa shape index (κ2) is 6.00. The fourth-order valence-electron chi connectivity index (χ4n) is 1.86. The van der Waals surface area contributed by atoms with Crippen LogP contribution in [0.2, 0.25) is 0 Å². The van der Waals surface area contributed by atoms with Crippen LogP contribution in [-0.4, -0.2) is 24.6 Å². The molecule has 106 valence electrons. The minimum atomic E-state index is -0.477. The van der Waals surface area contributed by atoms with E-state index in [4.69, 9.17) is 0 Å². The Labute approximate surface area is 120 Å². The number of hydrogen-bond donors (Lipinski definition) is 0. The lowest BCUT2D eigenvalue weighted by molar-refractivity contribution is 0.0594. The molecule has 0 saturated heterocycles. The molecule has 0 aliphatic carbocycles. The quantitative estimate of drug-likeness (QED) is 0.809. The van der Waals surface area contributed by atoms with Gasteiger partial charge >= 0.3 is 5.97 Å². The molecule has 0 N–H and O–H groups in total. The molecule has 0 spiro atoms. The predicted molar refractivity (Wildman–Crippen MR) is 77.3 cm³/mol. The highest BCUT2D eigenvalue weighted by Gasteiger charge is 2.20. The van der Waals surface area contributed by atoms with Gasteiger partial charge in [-0.05, 0) is 26.0 Å². The first-order chi connectivity index (χ1) is 9.58. The van der Waals surface area contributed by atoms with Crippen LogP contribution in [-0.2, 0) is 4.74 Å². The summed E-state index contributed by atoms with van der Waals surface area (Å²) in [5.74, 6) is -0.795. The molecular weight excluding hydrogens is 279 g/mol. The molecule has 0 bridgehead atoms. The highest BCUT2D eigenvalue weighted by atomic mass is 32.1. The Kier molecular flexibility index (Phi) is 4.34. The zero-order valence-corrected chi connectivity index (χ0v) is 12.3. The van der Waals surface area contributed by atoms with Gasteiger partial charge in [0.15, 0.2) is 10.8 Å². The molecule has 0 fully saturated rings. The molecule has 2 aromatic rings. The van der Waals surface area contributed by atoms with Crippen LogP contribution in [0.5, 0.6) is 0 Å². The molecule has 1 heterocycles. The molecule has 0 unspecified atom stereocenters. The number of esters is 1. The van der Waals surface area contributed by atoms with E-state index in [9.17, 15) is 9.18 Å². The maximum atomic E-state index is 13.9. The number of benzene rings is 1. The van der Waals surface area contributed by atoms with Gasteiger partial charge in [-0.15, -0.1) is 11.3 Å². The number of carbonyl (C=O) groups is 1. The number of halogens is 1. The van der Waals surface area contributed by atoms with Gasteiger partial charge in [-0.3, -0.25) is 0 Å². The summed E-state index contributed by atoms with van der Waals surface area (Å²) in [7, 11) is 1.31. The van der Waals surface area contributed by atoms with Crippen molar-refractivity contribution in [3.63, 3.8) is 0 Å². The molecule has 0 radical (unpaired) electrons. The Morgan fingerprint density at radius 1 is 1.45 bits per heavy atom. The van der Waals surface area contributed by atoms with Crippen LogP contribution in [0.4, 0.5) is 15.2 Å². The zero-order chi connectivity index (χ0) is 14.7. The highest BCUT2D eigenvalue weighted by Crippen LogP contribution is 2.32. The van der Waals surface area contributed by atoms with Gasteiger partial charge in [-0.1, -0.05) is 12.1 Å². The average molecular weight is 294 g/mol. The maximum Gasteiger partial charge on any atom is 0.357 e. The lowest BCUT2D eigenvalue weighted by atomic mass is 10.3. The van der Waals surface area contributed by atoms with Gasteiger partial charge < -0.3 is 9.64 Å². The SMILES string of the molecule is CCN(c1nc(C(=O)OC)c(C)s1)c1ccccc1F. The predicted octanol–water partition coefficient (Wildman–Crippen LogP) is 3.54. The number of carbonyl (C=O) groups excluding carboxylic acids is 1. The largest absolute Gasteiger partial charge is 0.464 e. The number of methoxy groups -OCH3 is 1. The van der Waals surface area contributed by atoms with Gasteiger partial charge in [0.1, 0.15) is 5.82 Å². The van der Waals surface area contributed by atoms with E-state index in [1.165, 1.54) is 24.5 Å². The molecule has 0 amide bonds. The minimum absolute atomic E-state index is 0.280. The smallest absolute Gasteiger partial charge is 0.357 e. The van der Waals surface area contributed by atoms with E-state index in [-0.39, 0.29) is 11.5 Å². The molecule has 0 atom stereocenters. The molecule has 6 heteroatoms. The van der Waals surface area contributed by atoms with Crippen molar-refractivity contribution in [1.29, 1.82) is 0 Å². The lowest BCUT2D eigenvalue weighted by Gasteiger charge is -2.20. The van der Waals surface area contributed by atoms with Gasteiger partial charge in [0.25, 0.3) is 0 Å². The number of hydrogen-bond acceptors (Lipinski definition) is 5. The number of para-hydroxylation sites is 1. The molecule has 1 aromatic heterocycles. The summed E-state index contributed by atoms with van der Waals surface area (Å²) < 4.78 is 18.6. The van der Waals surface area contributed by atoms with Crippen LogP contribution in [0.15, 0.2) is 24.3 Å². The van der Waals surface area contributed by atoms with Crippen LogP contribution in [0.25, 0.3) is 0 Å². The summed E-state index contributed by atoms with van der Waals surface area (Å²) in [4.78, 5) is 18.4. The van der Waals surface area contributed by atoms with E-state index < -0.39 is 5.97 Å². The molecule has 2 rings (SSSR count). The Morgan fingerprint density at radius 2 is 2.15 bits per heavy atom. The summed E-state index contributed by atoms with van der Waals surface area (Å²) in [6, 6.07) is 6.50. The summed E-state index contributed by atoms with van der Waals surface area (Å²) in [5.41, 5.74) is 0.724. The topological polar surface area (TPSA) is 42.4 Å². The van der Waals surface area contributed by atoms with Crippen molar-refractivity contribution in [3.8, 4) is 0 Å². The number of anilines is 2. The van der Waals surface area contributed by atoms with E-state index in [0.29, 0.717) is 17.4 Å². The number of nitrogens with zero attached hydrogens (tertiary/aromatic N) is 2. The van der Waals surface area contributed by atoms with Crippen LogP contribution in [0.3, 0.4) is 0 Å². The first-order valence-electron chi connectivity index (χ1n) is 6.16. The Balaban J connectivity index is 2.43. The zero-order valence-electron chi connectivity index (χ0n) is 11.5. The third-order valence-electron chi connectivity index (χ3n) is 2.85. The molecular formula is C14H15FN2O2S. The van der Waals surface area contributed by atoms with E-state index in [2.05, 4.69) is 9.72 Å². The molecule has 1 aromatic carbocycles. The van der Waals surface area contributed by atoms with Crippen molar-refractivity contribution in [1.82, 2.24) is 4.98 Å². The summed E-state index contributed by atoms with van der Waals surface area (Å²) in [6.07, 6.45) is 0. The van der Waals surface area contributed by atoms with Crippen molar-refractivity contribution in [3.05, 3.63) is 40.7 Å². The monoisotopic (exact) mass is 294 g/mol. The molecule has 0 saturated carbocycles. The fraction of sp³-hybridized carbons (Fsp3) is 0.286. The number of aryl methyl sites for hydroxylation is 1. The van der Waals surface area contributed by atoms with Gasteiger partial charge in [0.05, 0.1) is 12.8 Å². The molecule has 0 aliphatic rings. The van der Waals surface area contributed by atoms with Crippen molar-refractivity contribution >= 4 is 28.1 Å². The Hall–Kier alpha value is -1.95. The number of ether oxygens (including phenoxy) is 1. The lowest BCUT2D eigenvalue weighted by Crippen LogP contribution is -2.17. The van der Waals surface area contributed by atoms with E-state index in [0.717, 1.165) is 4.88 Å². The van der Waals surface area contributed by atoms with Gasteiger partial charge in [0.2, 0.25) is 0 Å². The number of thiazole rings is 1. The highest BCUT2D eigenvalue weighted by molar-refractivity contribution is 7.15. The third kappa shape index (κ3) is 2.65. The molecule has 20 heavy (non-hydrogen) atoms. The second-order valence-corrected chi connectivity index (χ2v) is 5.27. The first kappa shape index (κ1) is 14.5. The number of aromatic nitrogens is 1. The van der Waals surface area contributed by atoms with Crippen molar-refractivity contribution < 1.29 is 13.9 Å². The number of rotatable bonds is 4. The van der Waals surface area contributed by atoms with Gasteiger partial charge in [0, 0.05) is 11.4 Å². The Bertz CT molecular complexity index is 627.